The zero-order valence-corrected chi connectivity index (χ0v) is 18.2. The van der Waals surface area contributed by atoms with Gasteiger partial charge in [0, 0.05) is 59.8 Å². The zero-order chi connectivity index (χ0) is 19.3. The molecule has 4 rings (SSSR count). The Bertz CT molecular complexity index is 936. The fourth-order valence-electron chi connectivity index (χ4n) is 3.89. The Balaban J connectivity index is 0.00000240. The fourth-order valence-corrected chi connectivity index (χ4v) is 4.97. The van der Waals surface area contributed by atoms with Crippen molar-refractivity contribution in [3.05, 3.63) is 65.0 Å². The number of hydrogen-bond donors (Lipinski definition) is 1. The van der Waals surface area contributed by atoms with Gasteiger partial charge in [0.25, 0.3) is 0 Å². The molecule has 1 saturated heterocycles. The molecule has 0 atom stereocenters. The van der Waals surface area contributed by atoms with Crippen LogP contribution in [-0.2, 0) is 17.6 Å². The number of halogens is 1. The van der Waals surface area contributed by atoms with E-state index in [2.05, 4.69) is 64.4 Å². The van der Waals surface area contributed by atoms with Crippen molar-refractivity contribution < 1.29 is 4.79 Å². The number of hydrogen-bond acceptors (Lipinski definition) is 4. The van der Waals surface area contributed by atoms with Crippen LogP contribution in [0.5, 0.6) is 0 Å². The molecule has 0 unspecified atom stereocenters. The Morgan fingerprint density at radius 2 is 1.72 bits per heavy atom. The van der Waals surface area contributed by atoms with E-state index in [0.29, 0.717) is 6.42 Å². The molecular formula is C23H28ClN3OS. The van der Waals surface area contributed by atoms with Crippen LogP contribution in [0.15, 0.2) is 54.6 Å². The molecular weight excluding hydrogens is 402 g/mol. The van der Waals surface area contributed by atoms with Gasteiger partial charge in [0.1, 0.15) is 0 Å². The number of anilines is 1. The SMILES string of the molecule is Cl.NC(=O)CCc1cc2c(N3CCN(CCc4ccccc4)CC3)cccc2s1. The van der Waals surface area contributed by atoms with Gasteiger partial charge in [0.15, 0.2) is 0 Å². The summed E-state index contributed by atoms with van der Waals surface area (Å²) in [5, 5.41) is 1.31. The second-order valence-corrected chi connectivity index (χ2v) is 8.60. The molecule has 2 N–H and O–H groups in total. The molecule has 1 aromatic heterocycles. The van der Waals surface area contributed by atoms with Gasteiger partial charge < -0.3 is 10.6 Å². The predicted octanol–water partition coefficient (Wildman–Crippen LogP) is 4.11. The molecule has 0 saturated carbocycles. The highest BCUT2D eigenvalue weighted by Crippen LogP contribution is 2.34. The largest absolute Gasteiger partial charge is 0.370 e. The summed E-state index contributed by atoms with van der Waals surface area (Å²) in [5.41, 5.74) is 8.04. The first-order valence-corrected chi connectivity index (χ1v) is 10.8. The molecule has 0 radical (unpaired) electrons. The van der Waals surface area contributed by atoms with Crippen molar-refractivity contribution in [2.75, 3.05) is 37.6 Å². The molecule has 154 valence electrons. The maximum absolute atomic E-state index is 11.1. The lowest BCUT2D eigenvalue weighted by Crippen LogP contribution is -2.47. The summed E-state index contributed by atoms with van der Waals surface area (Å²) >= 11 is 1.78. The number of nitrogens with two attached hydrogens (primary N) is 1. The first-order chi connectivity index (χ1) is 13.7. The summed E-state index contributed by atoms with van der Waals surface area (Å²) in [6.45, 7) is 5.43. The number of aryl methyl sites for hydroxylation is 1. The summed E-state index contributed by atoms with van der Waals surface area (Å²) in [7, 11) is 0. The molecule has 6 heteroatoms. The minimum absolute atomic E-state index is 0. The van der Waals surface area contributed by atoms with Gasteiger partial charge in [-0.15, -0.1) is 23.7 Å². The van der Waals surface area contributed by atoms with Crippen molar-refractivity contribution in [3.63, 3.8) is 0 Å². The van der Waals surface area contributed by atoms with Crippen molar-refractivity contribution in [2.45, 2.75) is 19.3 Å². The number of nitrogens with zero attached hydrogens (tertiary/aromatic N) is 2. The van der Waals surface area contributed by atoms with Crippen LogP contribution >= 0.6 is 23.7 Å². The van der Waals surface area contributed by atoms with Gasteiger partial charge in [-0.3, -0.25) is 9.69 Å². The number of carbonyl (C=O) groups is 1. The minimum Gasteiger partial charge on any atom is -0.370 e. The van der Waals surface area contributed by atoms with E-state index < -0.39 is 0 Å². The molecule has 1 aliphatic heterocycles. The van der Waals surface area contributed by atoms with E-state index in [1.54, 1.807) is 11.3 Å². The predicted molar refractivity (Wildman–Crippen MR) is 125 cm³/mol. The number of primary amides is 1. The summed E-state index contributed by atoms with van der Waals surface area (Å²) in [5.74, 6) is -0.232. The maximum Gasteiger partial charge on any atom is 0.217 e. The second-order valence-electron chi connectivity index (χ2n) is 7.43. The van der Waals surface area contributed by atoms with E-state index in [0.717, 1.165) is 45.6 Å². The Morgan fingerprint density at radius 1 is 0.966 bits per heavy atom. The Kier molecular flexibility index (Phi) is 7.53. The lowest BCUT2D eigenvalue weighted by molar-refractivity contribution is -0.117. The van der Waals surface area contributed by atoms with Crippen LogP contribution in [0.25, 0.3) is 10.1 Å². The lowest BCUT2D eigenvalue weighted by Gasteiger charge is -2.36. The van der Waals surface area contributed by atoms with Crippen molar-refractivity contribution in [2.24, 2.45) is 5.73 Å². The van der Waals surface area contributed by atoms with Crippen molar-refractivity contribution in [1.29, 1.82) is 0 Å². The number of rotatable bonds is 7. The summed E-state index contributed by atoms with van der Waals surface area (Å²) in [6.07, 6.45) is 2.27. The van der Waals surface area contributed by atoms with Crippen LogP contribution in [0, 0.1) is 0 Å². The number of thiophene rings is 1. The van der Waals surface area contributed by atoms with E-state index in [-0.39, 0.29) is 18.3 Å². The molecule has 1 fully saturated rings. The van der Waals surface area contributed by atoms with E-state index in [9.17, 15) is 4.79 Å². The summed E-state index contributed by atoms with van der Waals surface area (Å²) in [6, 6.07) is 19.5. The number of carbonyl (C=O) groups excluding carboxylic acids is 1. The number of amides is 1. The second kappa shape index (κ2) is 10.1. The topological polar surface area (TPSA) is 49.6 Å². The Morgan fingerprint density at radius 3 is 2.45 bits per heavy atom. The van der Waals surface area contributed by atoms with Crippen LogP contribution in [0.1, 0.15) is 16.9 Å². The van der Waals surface area contributed by atoms with E-state index in [1.807, 2.05) is 0 Å². The van der Waals surface area contributed by atoms with Gasteiger partial charge in [-0.25, -0.2) is 0 Å². The standard InChI is InChI=1S/C23H27N3OS.ClH/c24-23(27)10-9-19-17-20-21(7-4-8-22(20)28-19)26-15-13-25(14-16-26)12-11-18-5-2-1-3-6-18;/h1-8,17H,9-16H2,(H2,24,27);1H. The highest BCUT2D eigenvalue weighted by atomic mass is 35.5. The number of fused-ring (bicyclic) bond motifs is 1. The van der Waals surface area contributed by atoms with Crippen molar-refractivity contribution in [1.82, 2.24) is 4.90 Å². The molecule has 2 heterocycles. The molecule has 4 nitrogen and oxygen atoms in total. The summed E-state index contributed by atoms with van der Waals surface area (Å²) < 4.78 is 1.29. The first-order valence-electron chi connectivity index (χ1n) is 10.00. The Labute approximate surface area is 182 Å². The summed E-state index contributed by atoms with van der Waals surface area (Å²) in [4.78, 5) is 17.4. The lowest BCUT2D eigenvalue weighted by atomic mass is 10.1. The van der Waals surface area contributed by atoms with Crippen LogP contribution < -0.4 is 10.6 Å². The molecule has 1 aliphatic rings. The highest BCUT2D eigenvalue weighted by molar-refractivity contribution is 7.19. The highest BCUT2D eigenvalue weighted by Gasteiger charge is 2.19. The average molecular weight is 430 g/mol. The zero-order valence-electron chi connectivity index (χ0n) is 16.5. The normalized spacial score (nSPS) is 14.7. The third-order valence-corrected chi connectivity index (χ3v) is 6.64. The van der Waals surface area contributed by atoms with Gasteiger partial charge in [0.05, 0.1) is 0 Å². The van der Waals surface area contributed by atoms with Crippen LogP contribution in [-0.4, -0.2) is 43.5 Å². The number of piperazine rings is 1. The molecule has 0 aliphatic carbocycles. The van der Waals surface area contributed by atoms with Crippen molar-refractivity contribution >= 4 is 45.4 Å². The molecule has 1 amide bonds. The fraction of sp³-hybridized carbons (Fsp3) is 0.348. The van der Waals surface area contributed by atoms with Gasteiger partial charge in [-0.05, 0) is 36.6 Å². The third kappa shape index (κ3) is 5.50. The monoisotopic (exact) mass is 429 g/mol. The molecule has 2 aromatic carbocycles. The van der Waals surface area contributed by atoms with Gasteiger partial charge in [0.2, 0.25) is 5.91 Å². The smallest absolute Gasteiger partial charge is 0.217 e. The van der Waals surface area contributed by atoms with Crippen molar-refractivity contribution in [3.8, 4) is 0 Å². The molecule has 29 heavy (non-hydrogen) atoms. The number of benzene rings is 2. The van der Waals surface area contributed by atoms with Gasteiger partial charge in [-0.2, -0.15) is 0 Å². The van der Waals surface area contributed by atoms with Crippen LogP contribution in [0.2, 0.25) is 0 Å². The quantitative estimate of drug-likeness (QED) is 0.615. The van der Waals surface area contributed by atoms with Gasteiger partial charge >= 0.3 is 0 Å². The van der Waals surface area contributed by atoms with E-state index in [1.165, 1.54) is 26.2 Å². The first kappa shape index (κ1) is 21.6. The van der Waals surface area contributed by atoms with Crippen LogP contribution in [0.4, 0.5) is 5.69 Å². The minimum atomic E-state index is -0.232. The van der Waals surface area contributed by atoms with Crippen LogP contribution in [0.3, 0.4) is 0 Å². The molecule has 3 aromatic rings. The maximum atomic E-state index is 11.1. The Hall–Kier alpha value is -2.08. The van der Waals surface area contributed by atoms with E-state index >= 15 is 0 Å². The average Bonchev–Trinajstić information content (AvgIpc) is 3.15. The van der Waals surface area contributed by atoms with E-state index in [4.69, 9.17) is 5.73 Å². The molecule has 0 spiro atoms. The van der Waals surface area contributed by atoms with Gasteiger partial charge in [-0.1, -0.05) is 36.4 Å². The molecule has 0 bridgehead atoms. The third-order valence-electron chi connectivity index (χ3n) is 5.48.